The first-order valence-corrected chi connectivity index (χ1v) is 6.81. The van der Waals surface area contributed by atoms with Crippen molar-refractivity contribution in [2.75, 3.05) is 18.5 Å². The first-order valence-electron chi connectivity index (χ1n) is 6.81. The van der Waals surface area contributed by atoms with Crippen molar-refractivity contribution in [2.24, 2.45) is 0 Å². The molecule has 0 unspecified atom stereocenters. The minimum atomic E-state index is 0.966. The summed E-state index contributed by atoms with van der Waals surface area (Å²) in [5, 5.41) is 0. The van der Waals surface area contributed by atoms with Crippen LogP contribution in [-0.2, 0) is 0 Å². The van der Waals surface area contributed by atoms with Crippen LogP contribution in [0.4, 0.5) is 5.82 Å². The van der Waals surface area contributed by atoms with Gasteiger partial charge in [-0.15, -0.1) is 0 Å². The molecule has 17 heavy (non-hydrogen) atoms. The summed E-state index contributed by atoms with van der Waals surface area (Å²) in [6.07, 6.45) is 11.8. The zero-order chi connectivity index (χ0) is 12.9. The SMILES string of the molecule is CC.CCCCCCCN(C)c1cnccn1. The maximum atomic E-state index is 4.26. The molecular weight excluding hydrogens is 210 g/mol. The van der Waals surface area contributed by atoms with Crippen molar-refractivity contribution in [1.82, 2.24) is 9.97 Å². The van der Waals surface area contributed by atoms with E-state index >= 15 is 0 Å². The molecule has 1 aromatic heterocycles. The molecule has 0 aromatic carbocycles. The van der Waals surface area contributed by atoms with Crippen LogP contribution >= 0.6 is 0 Å². The van der Waals surface area contributed by atoms with E-state index in [0.29, 0.717) is 0 Å². The Morgan fingerprint density at radius 1 is 1.06 bits per heavy atom. The quantitative estimate of drug-likeness (QED) is 0.673. The first-order chi connectivity index (χ1) is 8.34. The summed E-state index contributed by atoms with van der Waals surface area (Å²) in [5.41, 5.74) is 0. The molecule has 0 radical (unpaired) electrons. The molecular formula is C14H27N3. The highest BCUT2D eigenvalue weighted by Gasteiger charge is 2.00. The smallest absolute Gasteiger partial charge is 0.146 e. The Morgan fingerprint density at radius 3 is 2.35 bits per heavy atom. The van der Waals surface area contributed by atoms with Crippen LogP contribution < -0.4 is 4.90 Å². The molecule has 1 aromatic rings. The zero-order valence-electron chi connectivity index (χ0n) is 11.8. The standard InChI is InChI=1S/C12H21N3.C2H6/c1-3-4-5-6-7-10-15(2)12-11-13-8-9-14-12;1-2/h8-9,11H,3-7,10H2,1-2H3;1-2H3. The Morgan fingerprint density at radius 2 is 1.76 bits per heavy atom. The predicted molar refractivity (Wildman–Crippen MR) is 75.4 cm³/mol. The summed E-state index contributed by atoms with van der Waals surface area (Å²) in [6.45, 7) is 7.31. The lowest BCUT2D eigenvalue weighted by Gasteiger charge is -2.16. The highest BCUT2D eigenvalue weighted by Crippen LogP contribution is 2.08. The second kappa shape index (κ2) is 11.4. The minimum Gasteiger partial charge on any atom is -0.358 e. The van der Waals surface area contributed by atoms with Crippen molar-refractivity contribution in [3.05, 3.63) is 18.6 Å². The van der Waals surface area contributed by atoms with Crippen LogP contribution in [-0.4, -0.2) is 23.6 Å². The van der Waals surface area contributed by atoms with Gasteiger partial charge in [0.1, 0.15) is 5.82 Å². The molecule has 0 aliphatic heterocycles. The van der Waals surface area contributed by atoms with Crippen LogP contribution in [0, 0.1) is 0 Å². The van der Waals surface area contributed by atoms with Crippen LogP contribution in [0.3, 0.4) is 0 Å². The topological polar surface area (TPSA) is 29.0 Å². The van der Waals surface area contributed by atoms with Crippen molar-refractivity contribution >= 4 is 5.82 Å². The highest BCUT2D eigenvalue weighted by atomic mass is 15.2. The van der Waals surface area contributed by atoms with E-state index in [4.69, 9.17) is 0 Å². The maximum absolute atomic E-state index is 4.26. The molecule has 0 fully saturated rings. The van der Waals surface area contributed by atoms with Crippen LogP contribution in [0.1, 0.15) is 52.9 Å². The lowest BCUT2D eigenvalue weighted by atomic mass is 10.1. The molecule has 0 aliphatic rings. The van der Waals surface area contributed by atoms with E-state index in [2.05, 4.69) is 28.8 Å². The summed E-state index contributed by atoms with van der Waals surface area (Å²) >= 11 is 0. The van der Waals surface area contributed by atoms with Crippen LogP contribution in [0.5, 0.6) is 0 Å². The number of rotatable bonds is 7. The second-order valence-corrected chi connectivity index (χ2v) is 3.90. The Bertz CT molecular complexity index is 249. The van der Waals surface area contributed by atoms with Gasteiger partial charge in [0.25, 0.3) is 0 Å². The van der Waals surface area contributed by atoms with E-state index < -0.39 is 0 Å². The molecule has 0 saturated heterocycles. The van der Waals surface area contributed by atoms with Gasteiger partial charge in [0.15, 0.2) is 0 Å². The third-order valence-electron chi connectivity index (χ3n) is 2.54. The van der Waals surface area contributed by atoms with Crippen molar-refractivity contribution in [1.29, 1.82) is 0 Å². The summed E-state index contributed by atoms with van der Waals surface area (Å²) in [4.78, 5) is 10.5. The van der Waals surface area contributed by atoms with Crippen LogP contribution in [0.2, 0.25) is 0 Å². The molecule has 0 aliphatic carbocycles. The number of nitrogens with zero attached hydrogens (tertiary/aromatic N) is 3. The number of unbranched alkanes of at least 4 members (excludes halogenated alkanes) is 4. The second-order valence-electron chi connectivity index (χ2n) is 3.90. The van der Waals surface area contributed by atoms with Gasteiger partial charge in [-0.3, -0.25) is 4.98 Å². The van der Waals surface area contributed by atoms with Crippen LogP contribution in [0.25, 0.3) is 0 Å². The third kappa shape index (κ3) is 7.72. The average molecular weight is 237 g/mol. The molecule has 3 heteroatoms. The van der Waals surface area contributed by atoms with Gasteiger partial charge in [0, 0.05) is 26.0 Å². The fourth-order valence-corrected chi connectivity index (χ4v) is 1.56. The van der Waals surface area contributed by atoms with Crippen molar-refractivity contribution in [2.45, 2.75) is 52.9 Å². The third-order valence-corrected chi connectivity index (χ3v) is 2.54. The highest BCUT2D eigenvalue weighted by molar-refractivity contribution is 5.33. The fraction of sp³-hybridized carbons (Fsp3) is 0.714. The molecule has 0 atom stereocenters. The Labute approximate surface area is 106 Å². The minimum absolute atomic E-state index is 0.966. The Kier molecular flexibility index (Phi) is 10.6. The molecule has 0 spiro atoms. The van der Waals surface area contributed by atoms with Gasteiger partial charge in [-0.25, -0.2) is 4.98 Å². The number of aromatic nitrogens is 2. The van der Waals surface area contributed by atoms with Gasteiger partial charge in [0.05, 0.1) is 6.20 Å². The van der Waals surface area contributed by atoms with Gasteiger partial charge in [-0.05, 0) is 6.42 Å². The van der Waals surface area contributed by atoms with E-state index in [-0.39, 0.29) is 0 Å². The number of hydrogen-bond donors (Lipinski definition) is 0. The number of anilines is 1. The summed E-state index contributed by atoms with van der Waals surface area (Å²) < 4.78 is 0. The summed E-state index contributed by atoms with van der Waals surface area (Å²) in [7, 11) is 2.07. The van der Waals surface area contributed by atoms with Gasteiger partial charge >= 0.3 is 0 Å². The molecule has 1 rings (SSSR count). The average Bonchev–Trinajstić information content (AvgIpc) is 2.41. The van der Waals surface area contributed by atoms with Gasteiger partial charge < -0.3 is 4.90 Å². The predicted octanol–water partition coefficient (Wildman–Crippen LogP) is 3.91. The lowest BCUT2D eigenvalue weighted by molar-refractivity contribution is 0.628. The summed E-state index contributed by atoms with van der Waals surface area (Å²) in [5.74, 6) is 0.966. The van der Waals surface area contributed by atoms with E-state index in [0.717, 1.165) is 12.4 Å². The van der Waals surface area contributed by atoms with E-state index in [1.165, 1.54) is 32.1 Å². The molecule has 1 heterocycles. The first kappa shape index (κ1) is 15.9. The zero-order valence-corrected chi connectivity index (χ0v) is 11.8. The Balaban J connectivity index is 0.00000121. The molecule has 0 N–H and O–H groups in total. The van der Waals surface area contributed by atoms with Crippen molar-refractivity contribution in [3.8, 4) is 0 Å². The van der Waals surface area contributed by atoms with Gasteiger partial charge in [-0.1, -0.05) is 46.5 Å². The van der Waals surface area contributed by atoms with Crippen molar-refractivity contribution in [3.63, 3.8) is 0 Å². The molecule has 0 amide bonds. The fourth-order valence-electron chi connectivity index (χ4n) is 1.56. The molecule has 0 bridgehead atoms. The molecule has 98 valence electrons. The molecule has 0 saturated carbocycles. The maximum Gasteiger partial charge on any atom is 0.146 e. The summed E-state index contributed by atoms with van der Waals surface area (Å²) in [6, 6.07) is 0. The number of hydrogen-bond acceptors (Lipinski definition) is 3. The van der Waals surface area contributed by atoms with Crippen molar-refractivity contribution < 1.29 is 0 Å². The normalized spacial score (nSPS) is 9.41. The van der Waals surface area contributed by atoms with Gasteiger partial charge in [0.2, 0.25) is 0 Å². The lowest BCUT2D eigenvalue weighted by Crippen LogP contribution is -2.19. The van der Waals surface area contributed by atoms with E-state index in [9.17, 15) is 0 Å². The van der Waals surface area contributed by atoms with E-state index in [1.54, 1.807) is 12.4 Å². The molecule has 3 nitrogen and oxygen atoms in total. The van der Waals surface area contributed by atoms with E-state index in [1.807, 2.05) is 20.0 Å². The Hall–Kier alpha value is -1.12. The largest absolute Gasteiger partial charge is 0.358 e. The van der Waals surface area contributed by atoms with Crippen LogP contribution in [0.15, 0.2) is 18.6 Å². The monoisotopic (exact) mass is 237 g/mol. The van der Waals surface area contributed by atoms with Gasteiger partial charge in [-0.2, -0.15) is 0 Å².